The van der Waals surface area contributed by atoms with Gasteiger partial charge in [-0.25, -0.2) is 4.79 Å². The van der Waals surface area contributed by atoms with Gasteiger partial charge in [0.25, 0.3) is 0 Å². The lowest BCUT2D eigenvalue weighted by molar-refractivity contribution is -0.210. The molecule has 2 N–H and O–H groups in total. The van der Waals surface area contributed by atoms with E-state index in [2.05, 4.69) is 0 Å². The van der Waals surface area contributed by atoms with Crippen LogP contribution in [-0.2, 0) is 14.3 Å². The number of carbonyl (C=O) groups is 1. The molecule has 2 aliphatic heterocycles. The van der Waals surface area contributed by atoms with E-state index in [9.17, 15) is 4.79 Å². The van der Waals surface area contributed by atoms with Crippen LogP contribution >= 0.6 is 0 Å². The standard InChI is InChI=1S/C11H19NO3/c1-2-14-9(13)11-5-3-10(7-12,4-6-11)8-15-11/h2-8,12H2,1H3. The smallest absolute Gasteiger partial charge is 0.338 e. The molecule has 0 spiro atoms. The maximum atomic E-state index is 11.8. The lowest BCUT2D eigenvalue weighted by Gasteiger charge is -2.51. The summed E-state index contributed by atoms with van der Waals surface area (Å²) in [6.45, 7) is 3.52. The second-order valence-electron chi connectivity index (χ2n) is 4.71. The van der Waals surface area contributed by atoms with Gasteiger partial charge in [-0.15, -0.1) is 0 Å². The minimum Gasteiger partial charge on any atom is -0.464 e. The van der Waals surface area contributed by atoms with E-state index in [0.29, 0.717) is 19.8 Å². The van der Waals surface area contributed by atoms with Crippen LogP contribution in [0, 0.1) is 5.41 Å². The zero-order chi connectivity index (χ0) is 10.9. The van der Waals surface area contributed by atoms with E-state index in [1.54, 1.807) is 0 Å². The highest BCUT2D eigenvalue weighted by Crippen LogP contribution is 2.48. The molecule has 3 aliphatic rings. The average Bonchev–Trinajstić information content (AvgIpc) is 2.32. The molecule has 0 atom stereocenters. The van der Waals surface area contributed by atoms with Crippen molar-refractivity contribution in [1.82, 2.24) is 0 Å². The molecule has 86 valence electrons. The molecule has 2 heterocycles. The summed E-state index contributed by atoms with van der Waals surface area (Å²) in [6.07, 6.45) is 3.51. The Balaban J connectivity index is 2.06. The summed E-state index contributed by atoms with van der Waals surface area (Å²) in [5.74, 6) is -0.185. The van der Waals surface area contributed by atoms with Crippen LogP contribution < -0.4 is 5.73 Å². The van der Waals surface area contributed by atoms with E-state index < -0.39 is 5.60 Å². The molecule has 4 nitrogen and oxygen atoms in total. The third-order valence-corrected chi connectivity index (χ3v) is 3.85. The fraction of sp³-hybridized carbons (Fsp3) is 0.909. The predicted octanol–water partition coefficient (Wildman–Crippen LogP) is 0.838. The van der Waals surface area contributed by atoms with E-state index >= 15 is 0 Å². The highest BCUT2D eigenvalue weighted by molar-refractivity contribution is 5.80. The summed E-state index contributed by atoms with van der Waals surface area (Å²) < 4.78 is 10.8. The number of hydrogen-bond acceptors (Lipinski definition) is 4. The highest BCUT2D eigenvalue weighted by atomic mass is 16.6. The Labute approximate surface area is 90.1 Å². The van der Waals surface area contributed by atoms with Crippen molar-refractivity contribution in [2.24, 2.45) is 11.1 Å². The van der Waals surface area contributed by atoms with E-state index in [4.69, 9.17) is 15.2 Å². The molecule has 2 bridgehead atoms. The molecule has 0 aromatic rings. The van der Waals surface area contributed by atoms with Gasteiger partial charge in [0.15, 0.2) is 5.60 Å². The molecule has 1 saturated carbocycles. The lowest BCUT2D eigenvalue weighted by atomic mass is 9.66. The van der Waals surface area contributed by atoms with Gasteiger partial charge in [0, 0.05) is 12.0 Å². The number of hydrogen-bond donors (Lipinski definition) is 1. The van der Waals surface area contributed by atoms with Gasteiger partial charge in [0.05, 0.1) is 13.2 Å². The molecule has 0 aromatic heterocycles. The van der Waals surface area contributed by atoms with Crippen molar-refractivity contribution in [3.63, 3.8) is 0 Å². The number of rotatable bonds is 3. The molecule has 2 saturated heterocycles. The number of nitrogens with two attached hydrogens (primary N) is 1. The van der Waals surface area contributed by atoms with Crippen LogP contribution in [0.3, 0.4) is 0 Å². The maximum Gasteiger partial charge on any atom is 0.338 e. The van der Waals surface area contributed by atoms with E-state index in [1.807, 2.05) is 6.92 Å². The second-order valence-corrected chi connectivity index (χ2v) is 4.71. The van der Waals surface area contributed by atoms with Crippen molar-refractivity contribution in [1.29, 1.82) is 0 Å². The average molecular weight is 213 g/mol. The molecule has 3 rings (SSSR count). The fourth-order valence-corrected chi connectivity index (χ4v) is 2.55. The van der Waals surface area contributed by atoms with Gasteiger partial charge in [0.1, 0.15) is 0 Å². The van der Waals surface area contributed by atoms with Crippen LogP contribution in [0.15, 0.2) is 0 Å². The molecular weight excluding hydrogens is 194 g/mol. The molecule has 15 heavy (non-hydrogen) atoms. The zero-order valence-electron chi connectivity index (χ0n) is 9.25. The Morgan fingerprint density at radius 3 is 2.47 bits per heavy atom. The molecule has 3 fully saturated rings. The fourth-order valence-electron chi connectivity index (χ4n) is 2.55. The van der Waals surface area contributed by atoms with Crippen molar-refractivity contribution in [3.05, 3.63) is 0 Å². The number of ether oxygens (including phenoxy) is 2. The number of fused-ring (bicyclic) bond motifs is 3. The van der Waals surface area contributed by atoms with Crippen molar-refractivity contribution in [3.8, 4) is 0 Å². The van der Waals surface area contributed by atoms with Crippen LogP contribution in [0.4, 0.5) is 0 Å². The van der Waals surface area contributed by atoms with Crippen molar-refractivity contribution < 1.29 is 14.3 Å². The molecule has 0 aromatic carbocycles. The van der Waals surface area contributed by atoms with Gasteiger partial charge in [0.2, 0.25) is 0 Å². The second kappa shape index (κ2) is 3.76. The Kier molecular flexibility index (Phi) is 2.73. The van der Waals surface area contributed by atoms with Crippen molar-refractivity contribution >= 4 is 5.97 Å². The third-order valence-electron chi connectivity index (χ3n) is 3.85. The summed E-state index contributed by atoms with van der Waals surface area (Å²) in [5, 5.41) is 0. The first kappa shape index (κ1) is 10.9. The van der Waals surface area contributed by atoms with Crippen LogP contribution in [0.5, 0.6) is 0 Å². The van der Waals surface area contributed by atoms with E-state index in [0.717, 1.165) is 25.7 Å². The Bertz CT molecular complexity index is 240. The lowest BCUT2D eigenvalue weighted by Crippen LogP contribution is -2.57. The third kappa shape index (κ3) is 1.66. The first-order valence-electron chi connectivity index (χ1n) is 5.68. The van der Waals surface area contributed by atoms with Crippen LogP contribution in [0.25, 0.3) is 0 Å². The predicted molar refractivity (Wildman–Crippen MR) is 55.3 cm³/mol. The van der Waals surface area contributed by atoms with E-state index in [1.165, 1.54) is 0 Å². The Morgan fingerprint density at radius 2 is 2.07 bits per heavy atom. The van der Waals surface area contributed by atoms with Gasteiger partial charge in [-0.1, -0.05) is 0 Å². The first-order valence-corrected chi connectivity index (χ1v) is 5.68. The minimum absolute atomic E-state index is 0.133. The molecular formula is C11H19NO3. The summed E-state index contributed by atoms with van der Waals surface area (Å²) in [6, 6.07) is 0. The Hall–Kier alpha value is -0.610. The zero-order valence-corrected chi connectivity index (χ0v) is 9.25. The SMILES string of the molecule is CCOC(=O)C12CCC(CN)(CC1)CO2. The number of esters is 1. The van der Waals surface area contributed by atoms with E-state index in [-0.39, 0.29) is 11.4 Å². The summed E-state index contributed by atoms with van der Waals surface area (Å²) in [7, 11) is 0. The Morgan fingerprint density at radius 1 is 1.40 bits per heavy atom. The van der Waals surface area contributed by atoms with Crippen molar-refractivity contribution in [2.45, 2.75) is 38.2 Å². The minimum atomic E-state index is -0.646. The van der Waals surface area contributed by atoms with Gasteiger partial charge in [-0.2, -0.15) is 0 Å². The molecule has 0 radical (unpaired) electrons. The molecule has 0 unspecified atom stereocenters. The van der Waals surface area contributed by atoms with Gasteiger partial charge >= 0.3 is 5.97 Å². The molecule has 0 amide bonds. The number of carbonyl (C=O) groups excluding carboxylic acids is 1. The van der Waals surface area contributed by atoms with Crippen LogP contribution in [0.2, 0.25) is 0 Å². The largest absolute Gasteiger partial charge is 0.464 e. The molecule has 1 aliphatic carbocycles. The summed E-state index contributed by atoms with van der Waals surface area (Å²) in [4.78, 5) is 11.8. The monoisotopic (exact) mass is 213 g/mol. The van der Waals surface area contributed by atoms with Crippen LogP contribution in [-0.4, -0.2) is 31.3 Å². The normalized spacial score (nSPS) is 39.1. The van der Waals surface area contributed by atoms with Crippen LogP contribution in [0.1, 0.15) is 32.6 Å². The van der Waals surface area contributed by atoms with Gasteiger partial charge in [-0.3, -0.25) is 0 Å². The van der Waals surface area contributed by atoms with Crippen molar-refractivity contribution in [2.75, 3.05) is 19.8 Å². The van der Waals surface area contributed by atoms with Gasteiger partial charge < -0.3 is 15.2 Å². The topological polar surface area (TPSA) is 61.5 Å². The first-order chi connectivity index (χ1) is 7.16. The quantitative estimate of drug-likeness (QED) is 0.706. The summed E-state index contributed by atoms with van der Waals surface area (Å²) >= 11 is 0. The maximum absolute atomic E-state index is 11.8. The highest BCUT2D eigenvalue weighted by Gasteiger charge is 2.54. The molecule has 4 heteroatoms. The van der Waals surface area contributed by atoms with Gasteiger partial charge in [-0.05, 0) is 32.6 Å². The summed E-state index contributed by atoms with van der Waals surface area (Å²) in [5.41, 5.74) is 5.24.